The molecule has 4 nitrogen and oxygen atoms in total. The van der Waals surface area contributed by atoms with Crippen molar-refractivity contribution in [2.24, 2.45) is 17.8 Å². The molecule has 3 fully saturated rings. The highest BCUT2D eigenvalue weighted by atomic mass is 35.5. The fourth-order valence-electron chi connectivity index (χ4n) is 4.60. The van der Waals surface area contributed by atoms with Crippen molar-refractivity contribution in [3.8, 4) is 0 Å². The minimum atomic E-state index is -0.0880. The van der Waals surface area contributed by atoms with Crippen molar-refractivity contribution < 1.29 is 9.53 Å². The van der Waals surface area contributed by atoms with Crippen molar-refractivity contribution >= 4 is 17.5 Å². The number of carbonyl (C=O) groups is 1. The van der Waals surface area contributed by atoms with Crippen molar-refractivity contribution in [3.05, 3.63) is 29.0 Å². The van der Waals surface area contributed by atoms with E-state index >= 15 is 0 Å². The SMILES string of the molecule is O=C(N[C@H]1[C@H]2CCO[C@H]2[C@H]1C1CCCC1)c1ccc(Cl)cn1. The number of halogens is 1. The predicted octanol–water partition coefficient (Wildman–Crippen LogP) is 3.06. The van der Waals surface area contributed by atoms with E-state index in [1.807, 2.05) is 0 Å². The second-order valence-corrected chi connectivity index (χ2v) is 7.21. The van der Waals surface area contributed by atoms with Crippen LogP contribution in [0.3, 0.4) is 0 Å². The topological polar surface area (TPSA) is 51.2 Å². The molecule has 1 aromatic heterocycles. The molecule has 2 saturated carbocycles. The summed E-state index contributed by atoms with van der Waals surface area (Å²) in [6, 6.07) is 3.64. The van der Waals surface area contributed by atoms with Gasteiger partial charge in [-0.1, -0.05) is 37.3 Å². The molecule has 1 N–H and O–H groups in total. The molecule has 0 unspecified atom stereocenters. The lowest BCUT2D eigenvalue weighted by atomic mass is 9.61. The minimum absolute atomic E-state index is 0.0880. The number of fused-ring (bicyclic) bond motifs is 1. The summed E-state index contributed by atoms with van der Waals surface area (Å²) in [5.74, 6) is 1.60. The molecule has 1 amide bonds. The molecule has 2 aliphatic carbocycles. The fraction of sp³-hybridized carbons (Fsp3) is 0.647. The zero-order valence-electron chi connectivity index (χ0n) is 12.5. The first kappa shape index (κ1) is 14.5. The maximum absolute atomic E-state index is 12.5. The van der Waals surface area contributed by atoms with Crippen LogP contribution in [0.15, 0.2) is 18.3 Å². The van der Waals surface area contributed by atoms with Gasteiger partial charge in [0.15, 0.2) is 0 Å². The van der Waals surface area contributed by atoms with Crippen LogP contribution < -0.4 is 5.32 Å². The highest BCUT2D eigenvalue weighted by molar-refractivity contribution is 6.30. The molecule has 4 atom stereocenters. The van der Waals surface area contributed by atoms with Crippen LogP contribution in [-0.2, 0) is 4.74 Å². The van der Waals surface area contributed by atoms with E-state index in [-0.39, 0.29) is 11.9 Å². The number of amides is 1. The van der Waals surface area contributed by atoms with Gasteiger partial charge >= 0.3 is 0 Å². The quantitative estimate of drug-likeness (QED) is 0.931. The molecular formula is C17H21ClN2O2. The average Bonchev–Trinajstić information content (AvgIpc) is 3.16. The molecule has 1 saturated heterocycles. The van der Waals surface area contributed by atoms with Crippen LogP contribution in [0.4, 0.5) is 0 Å². The molecule has 2 heterocycles. The number of pyridine rings is 1. The molecule has 1 aromatic rings. The van der Waals surface area contributed by atoms with Crippen LogP contribution in [0.25, 0.3) is 0 Å². The largest absolute Gasteiger partial charge is 0.377 e. The van der Waals surface area contributed by atoms with Crippen LogP contribution in [0.5, 0.6) is 0 Å². The van der Waals surface area contributed by atoms with Crippen molar-refractivity contribution in [1.29, 1.82) is 0 Å². The van der Waals surface area contributed by atoms with Crippen molar-refractivity contribution in [1.82, 2.24) is 10.3 Å². The Morgan fingerprint density at radius 2 is 2.09 bits per heavy atom. The van der Waals surface area contributed by atoms with Crippen molar-refractivity contribution in [2.75, 3.05) is 6.61 Å². The van der Waals surface area contributed by atoms with E-state index < -0.39 is 0 Å². The van der Waals surface area contributed by atoms with E-state index in [4.69, 9.17) is 16.3 Å². The number of ether oxygens (including phenoxy) is 1. The third-order valence-corrected chi connectivity index (χ3v) is 5.86. The summed E-state index contributed by atoms with van der Waals surface area (Å²) >= 11 is 5.83. The van der Waals surface area contributed by atoms with E-state index in [0.717, 1.165) is 13.0 Å². The summed E-state index contributed by atoms with van der Waals surface area (Å²) in [4.78, 5) is 16.6. The van der Waals surface area contributed by atoms with Gasteiger partial charge < -0.3 is 10.1 Å². The lowest BCUT2D eigenvalue weighted by molar-refractivity contribution is -0.0784. The Hall–Kier alpha value is -1.13. The third-order valence-electron chi connectivity index (χ3n) is 5.64. The number of hydrogen-bond acceptors (Lipinski definition) is 3. The molecule has 4 rings (SSSR count). The molecule has 1 aliphatic heterocycles. The number of aromatic nitrogens is 1. The summed E-state index contributed by atoms with van der Waals surface area (Å²) < 4.78 is 5.93. The van der Waals surface area contributed by atoms with Crippen molar-refractivity contribution in [2.45, 2.75) is 44.2 Å². The molecular weight excluding hydrogens is 300 g/mol. The summed E-state index contributed by atoms with van der Waals surface area (Å²) in [6.45, 7) is 0.837. The lowest BCUT2D eigenvalue weighted by Crippen LogP contribution is -2.63. The minimum Gasteiger partial charge on any atom is -0.377 e. The first-order valence-corrected chi connectivity index (χ1v) is 8.66. The standard InChI is InChI=1S/C17H21ClN2O2/c18-11-5-6-13(19-9-11)17(21)20-15-12-7-8-22-16(12)14(15)10-3-1-2-4-10/h5-6,9-10,12,14-16H,1-4,7-8H2,(H,20,21)/t12-,14+,15+,16-/m1/s1. The number of nitrogens with one attached hydrogen (secondary N) is 1. The van der Waals surface area contributed by atoms with Gasteiger partial charge in [0.2, 0.25) is 0 Å². The second-order valence-electron chi connectivity index (χ2n) is 6.77. The van der Waals surface area contributed by atoms with Crippen LogP contribution >= 0.6 is 11.6 Å². The Bertz CT molecular complexity index is 552. The molecule has 3 aliphatic rings. The molecule has 0 radical (unpaired) electrons. The van der Waals surface area contributed by atoms with E-state index in [1.54, 1.807) is 12.1 Å². The maximum Gasteiger partial charge on any atom is 0.270 e. The normalized spacial score (nSPS) is 34.2. The zero-order chi connectivity index (χ0) is 15.1. The van der Waals surface area contributed by atoms with E-state index in [1.165, 1.54) is 31.9 Å². The first-order valence-electron chi connectivity index (χ1n) is 8.28. The van der Waals surface area contributed by atoms with E-state index in [0.29, 0.717) is 34.6 Å². The highest BCUT2D eigenvalue weighted by Gasteiger charge is 2.57. The second kappa shape index (κ2) is 5.82. The molecule has 22 heavy (non-hydrogen) atoms. The maximum atomic E-state index is 12.5. The summed E-state index contributed by atoms with van der Waals surface area (Å²) in [7, 11) is 0. The van der Waals surface area contributed by atoms with Crippen LogP contribution in [0, 0.1) is 17.8 Å². The fourth-order valence-corrected chi connectivity index (χ4v) is 4.71. The molecule has 0 spiro atoms. The van der Waals surface area contributed by atoms with Gasteiger partial charge in [-0.05, 0) is 24.5 Å². The molecule has 5 heteroatoms. The third kappa shape index (κ3) is 2.42. The monoisotopic (exact) mass is 320 g/mol. The summed E-state index contributed by atoms with van der Waals surface area (Å²) in [5.41, 5.74) is 0.442. The molecule has 0 bridgehead atoms. The highest BCUT2D eigenvalue weighted by Crippen LogP contribution is 2.51. The Morgan fingerprint density at radius 1 is 1.27 bits per heavy atom. The summed E-state index contributed by atoms with van der Waals surface area (Å²) in [5, 5.41) is 3.78. The number of hydrogen-bond donors (Lipinski definition) is 1. The summed E-state index contributed by atoms with van der Waals surface area (Å²) in [6.07, 6.45) is 8.15. The Balaban J connectivity index is 1.48. The van der Waals surface area contributed by atoms with Crippen LogP contribution in [-0.4, -0.2) is 29.6 Å². The van der Waals surface area contributed by atoms with Gasteiger partial charge in [-0.25, -0.2) is 4.98 Å². The van der Waals surface area contributed by atoms with Crippen LogP contribution in [0.1, 0.15) is 42.6 Å². The number of rotatable bonds is 3. The van der Waals surface area contributed by atoms with Gasteiger partial charge in [0.05, 0.1) is 11.1 Å². The number of carbonyl (C=O) groups excluding carboxylic acids is 1. The van der Waals surface area contributed by atoms with Gasteiger partial charge in [0.25, 0.3) is 5.91 Å². The molecule has 118 valence electrons. The van der Waals surface area contributed by atoms with Gasteiger partial charge in [0, 0.05) is 30.7 Å². The Labute approximate surface area is 135 Å². The lowest BCUT2D eigenvalue weighted by Gasteiger charge is -2.50. The number of nitrogens with zero attached hydrogens (tertiary/aromatic N) is 1. The zero-order valence-corrected chi connectivity index (χ0v) is 13.3. The predicted molar refractivity (Wildman–Crippen MR) is 83.8 cm³/mol. The van der Waals surface area contributed by atoms with Gasteiger partial charge in [-0.3, -0.25) is 4.79 Å². The van der Waals surface area contributed by atoms with Crippen molar-refractivity contribution in [3.63, 3.8) is 0 Å². The first-order chi connectivity index (χ1) is 10.7. The Morgan fingerprint density at radius 3 is 2.82 bits per heavy atom. The Kier molecular flexibility index (Phi) is 3.82. The smallest absolute Gasteiger partial charge is 0.270 e. The van der Waals surface area contributed by atoms with Crippen LogP contribution in [0.2, 0.25) is 5.02 Å². The van der Waals surface area contributed by atoms with Gasteiger partial charge in [-0.15, -0.1) is 0 Å². The van der Waals surface area contributed by atoms with Gasteiger partial charge in [0.1, 0.15) is 5.69 Å². The van der Waals surface area contributed by atoms with E-state index in [9.17, 15) is 4.79 Å². The average molecular weight is 321 g/mol. The van der Waals surface area contributed by atoms with Gasteiger partial charge in [-0.2, -0.15) is 0 Å². The molecule has 0 aromatic carbocycles. The van der Waals surface area contributed by atoms with E-state index in [2.05, 4.69) is 10.3 Å².